The highest BCUT2D eigenvalue weighted by Gasteiger charge is 2.35. The number of aromatic nitrogens is 2. The molecule has 1 aliphatic rings. The van der Waals surface area contributed by atoms with Gasteiger partial charge in [0.1, 0.15) is 11.4 Å². The van der Waals surface area contributed by atoms with E-state index < -0.39 is 29.4 Å². The molecule has 1 aromatic carbocycles. The SMILES string of the molecule is CCCc1nn(C)c(C(N)=O)c1NC(=O)c1cc(S(=O)(=O)N2CCC(CP(=O)(OCC)OCC)CC2)ccc1OCC. The quantitative estimate of drug-likeness (QED) is 0.279. The molecule has 0 saturated carbocycles. The normalized spacial score (nSPS) is 15.1. The van der Waals surface area contributed by atoms with Crippen LogP contribution in [0.1, 0.15) is 73.5 Å². The van der Waals surface area contributed by atoms with Gasteiger partial charge >= 0.3 is 7.60 Å². The fourth-order valence-corrected chi connectivity index (χ4v) is 8.61. The average molecular weight is 628 g/mol. The number of carbonyl (C=O) groups is 2. The molecule has 2 heterocycles. The van der Waals surface area contributed by atoms with Crippen molar-refractivity contribution in [2.45, 2.75) is 58.3 Å². The molecule has 0 aliphatic carbocycles. The minimum Gasteiger partial charge on any atom is -0.493 e. The van der Waals surface area contributed by atoms with E-state index in [1.165, 1.54) is 27.2 Å². The zero-order chi connectivity index (χ0) is 31.1. The Bertz CT molecular complexity index is 1410. The van der Waals surface area contributed by atoms with Crippen LogP contribution < -0.4 is 15.8 Å². The Morgan fingerprint density at radius 3 is 2.29 bits per heavy atom. The zero-order valence-electron chi connectivity index (χ0n) is 24.9. The van der Waals surface area contributed by atoms with Crippen LogP contribution in [0, 0.1) is 5.92 Å². The molecule has 234 valence electrons. The highest BCUT2D eigenvalue weighted by molar-refractivity contribution is 7.89. The molecule has 1 aromatic heterocycles. The lowest BCUT2D eigenvalue weighted by Gasteiger charge is -2.32. The number of benzene rings is 1. The molecule has 0 bridgehead atoms. The Balaban J connectivity index is 1.86. The molecule has 1 fully saturated rings. The maximum atomic E-state index is 13.6. The van der Waals surface area contributed by atoms with Gasteiger partial charge in [-0.15, -0.1) is 0 Å². The van der Waals surface area contributed by atoms with Gasteiger partial charge in [-0.05, 0) is 64.2 Å². The third-order valence-electron chi connectivity index (χ3n) is 6.92. The first kappa shape index (κ1) is 33.7. The Hall–Kier alpha value is -2.77. The van der Waals surface area contributed by atoms with Gasteiger partial charge in [-0.1, -0.05) is 13.3 Å². The summed E-state index contributed by atoms with van der Waals surface area (Å²) in [5.74, 6) is -1.24. The predicted molar refractivity (Wildman–Crippen MR) is 158 cm³/mol. The Kier molecular flexibility index (Phi) is 11.7. The first-order valence-electron chi connectivity index (χ1n) is 14.2. The fraction of sp³-hybridized carbons (Fsp3) is 0.593. The van der Waals surface area contributed by atoms with Crippen molar-refractivity contribution in [1.29, 1.82) is 0 Å². The number of primary amides is 1. The predicted octanol–water partition coefficient (Wildman–Crippen LogP) is 3.79. The number of aryl methyl sites for hydroxylation is 2. The maximum Gasteiger partial charge on any atom is 0.330 e. The second kappa shape index (κ2) is 14.6. The number of sulfonamides is 1. The topological polar surface area (TPSA) is 172 Å². The summed E-state index contributed by atoms with van der Waals surface area (Å²) in [5, 5.41) is 7.05. The number of nitrogens with zero attached hydrogens (tertiary/aromatic N) is 3. The summed E-state index contributed by atoms with van der Waals surface area (Å²) < 4.78 is 59.4. The van der Waals surface area contributed by atoms with E-state index in [1.807, 2.05) is 6.92 Å². The molecule has 3 N–H and O–H groups in total. The monoisotopic (exact) mass is 627 g/mol. The van der Waals surface area contributed by atoms with Crippen LogP contribution in [-0.4, -0.2) is 73.4 Å². The number of amides is 2. The maximum absolute atomic E-state index is 13.6. The van der Waals surface area contributed by atoms with Crippen LogP contribution in [-0.2, 0) is 37.1 Å². The van der Waals surface area contributed by atoms with Crippen molar-refractivity contribution in [3.63, 3.8) is 0 Å². The largest absolute Gasteiger partial charge is 0.493 e. The Morgan fingerprint density at radius 2 is 1.74 bits per heavy atom. The van der Waals surface area contributed by atoms with Gasteiger partial charge in [-0.2, -0.15) is 9.40 Å². The smallest absolute Gasteiger partial charge is 0.330 e. The van der Waals surface area contributed by atoms with E-state index in [2.05, 4.69) is 10.4 Å². The molecule has 0 unspecified atom stereocenters. The summed E-state index contributed by atoms with van der Waals surface area (Å²) in [4.78, 5) is 25.6. The van der Waals surface area contributed by atoms with Gasteiger partial charge in [0.25, 0.3) is 11.8 Å². The van der Waals surface area contributed by atoms with E-state index in [0.29, 0.717) is 31.4 Å². The van der Waals surface area contributed by atoms with Crippen molar-refractivity contribution >= 4 is 35.1 Å². The van der Waals surface area contributed by atoms with Crippen LogP contribution in [0.15, 0.2) is 23.1 Å². The average Bonchev–Trinajstić information content (AvgIpc) is 3.23. The minimum atomic E-state index is -3.97. The first-order valence-corrected chi connectivity index (χ1v) is 17.4. The van der Waals surface area contributed by atoms with E-state index >= 15 is 0 Å². The van der Waals surface area contributed by atoms with Gasteiger partial charge in [0.05, 0.1) is 47.8 Å². The molecule has 3 rings (SSSR count). The van der Waals surface area contributed by atoms with E-state index in [1.54, 1.807) is 27.8 Å². The van der Waals surface area contributed by atoms with Crippen molar-refractivity contribution in [1.82, 2.24) is 14.1 Å². The molecule has 0 spiro atoms. The van der Waals surface area contributed by atoms with E-state index in [0.717, 1.165) is 0 Å². The van der Waals surface area contributed by atoms with Crippen LogP contribution in [0.5, 0.6) is 5.75 Å². The molecule has 13 nitrogen and oxygen atoms in total. The van der Waals surface area contributed by atoms with Gasteiger partial charge in [0.2, 0.25) is 10.0 Å². The van der Waals surface area contributed by atoms with Gasteiger partial charge in [0, 0.05) is 20.1 Å². The van der Waals surface area contributed by atoms with Gasteiger partial charge in [-0.3, -0.25) is 18.8 Å². The molecule has 0 radical (unpaired) electrons. The highest BCUT2D eigenvalue weighted by atomic mass is 32.2. The van der Waals surface area contributed by atoms with E-state index in [9.17, 15) is 22.6 Å². The lowest BCUT2D eigenvalue weighted by atomic mass is 10.0. The molecule has 42 heavy (non-hydrogen) atoms. The van der Waals surface area contributed by atoms with Crippen LogP contribution in [0.3, 0.4) is 0 Å². The summed E-state index contributed by atoms with van der Waals surface area (Å²) in [5.41, 5.74) is 6.27. The fourth-order valence-electron chi connectivity index (χ4n) is 5.05. The number of nitrogens with two attached hydrogens (primary N) is 1. The molecule has 0 atom stereocenters. The number of piperidine rings is 1. The molecular weight excluding hydrogens is 585 g/mol. The standard InChI is InChI=1S/C27H42N5O8PS/c1-6-10-22-24(25(26(28)33)31(5)30-22)29-27(34)21-17-20(11-12-23(21)38-7-2)42(36,37)32-15-13-19(14-16-32)18-41(35,39-8-3)40-9-4/h11-12,17,19H,6-10,13-16,18H2,1-5H3,(H2,28,33)(H,29,34). The number of nitrogens with one attached hydrogen (secondary N) is 1. The molecule has 1 saturated heterocycles. The molecule has 15 heteroatoms. The van der Waals surface area contributed by atoms with Crippen LogP contribution in [0.2, 0.25) is 0 Å². The number of anilines is 1. The number of hydrogen-bond acceptors (Lipinski definition) is 9. The summed E-state index contributed by atoms with van der Waals surface area (Å²) in [7, 11) is -5.65. The van der Waals surface area contributed by atoms with Crippen LogP contribution in [0.25, 0.3) is 0 Å². The Labute approximate surface area is 247 Å². The molecule has 2 amide bonds. The summed E-state index contributed by atoms with van der Waals surface area (Å²) in [6.45, 7) is 8.41. The highest BCUT2D eigenvalue weighted by Crippen LogP contribution is 2.51. The summed E-state index contributed by atoms with van der Waals surface area (Å²) >= 11 is 0. The lowest BCUT2D eigenvalue weighted by Crippen LogP contribution is -2.39. The van der Waals surface area contributed by atoms with E-state index in [-0.39, 0.29) is 72.6 Å². The first-order chi connectivity index (χ1) is 19.9. The summed E-state index contributed by atoms with van der Waals surface area (Å²) in [6.07, 6.45) is 2.42. The van der Waals surface area contributed by atoms with Crippen LogP contribution in [0.4, 0.5) is 5.69 Å². The van der Waals surface area contributed by atoms with Crippen LogP contribution >= 0.6 is 7.60 Å². The summed E-state index contributed by atoms with van der Waals surface area (Å²) in [6, 6.07) is 4.13. The number of hydrogen-bond donors (Lipinski definition) is 2. The van der Waals surface area contributed by atoms with Crippen molar-refractivity contribution in [2.75, 3.05) is 44.4 Å². The molecule has 1 aliphatic heterocycles. The van der Waals surface area contributed by atoms with Gasteiger partial charge < -0.3 is 24.8 Å². The van der Waals surface area contributed by atoms with Crippen molar-refractivity contribution < 1.29 is 36.4 Å². The zero-order valence-corrected chi connectivity index (χ0v) is 26.6. The lowest BCUT2D eigenvalue weighted by molar-refractivity contribution is 0.0992. The van der Waals surface area contributed by atoms with Crippen molar-refractivity contribution in [3.8, 4) is 5.75 Å². The second-order valence-corrected chi connectivity index (χ2v) is 14.0. The molecular formula is C27H42N5O8PS. The number of rotatable bonds is 15. The number of ether oxygens (including phenoxy) is 1. The van der Waals surface area contributed by atoms with Crippen molar-refractivity contribution in [3.05, 3.63) is 35.2 Å². The molecule has 2 aromatic rings. The minimum absolute atomic E-state index is 0.0103. The number of carbonyl (C=O) groups excluding carboxylic acids is 2. The Morgan fingerprint density at radius 1 is 1.10 bits per heavy atom. The third kappa shape index (κ3) is 7.78. The second-order valence-electron chi connectivity index (χ2n) is 9.93. The van der Waals surface area contributed by atoms with Gasteiger partial charge in [0.15, 0.2) is 0 Å². The van der Waals surface area contributed by atoms with Crippen molar-refractivity contribution in [2.24, 2.45) is 18.7 Å². The van der Waals surface area contributed by atoms with Gasteiger partial charge in [-0.25, -0.2) is 8.42 Å². The van der Waals surface area contributed by atoms with E-state index in [4.69, 9.17) is 19.5 Å². The third-order valence-corrected chi connectivity index (χ3v) is 11.1.